The summed E-state index contributed by atoms with van der Waals surface area (Å²) in [5.41, 5.74) is 5.89. The summed E-state index contributed by atoms with van der Waals surface area (Å²) in [7, 11) is 0. The summed E-state index contributed by atoms with van der Waals surface area (Å²) in [4.78, 5) is 36.6. The molecule has 0 aliphatic rings. The topological polar surface area (TPSA) is 118 Å². The fraction of sp³-hybridized carbons (Fsp3) is 0.143. The SMILES string of the molecule is C=CCOc1ccc(NC(=O)C(=O)N/N=C\c2ccccc2OCC(=O)Nc2cc(C)cc(C)c2)cc1. The van der Waals surface area contributed by atoms with Gasteiger partial charge in [0.25, 0.3) is 5.91 Å². The van der Waals surface area contributed by atoms with Gasteiger partial charge in [0.05, 0.1) is 6.21 Å². The van der Waals surface area contributed by atoms with Crippen molar-refractivity contribution < 1.29 is 23.9 Å². The van der Waals surface area contributed by atoms with E-state index in [-0.39, 0.29) is 12.5 Å². The summed E-state index contributed by atoms with van der Waals surface area (Å²) in [6.07, 6.45) is 2.95. The molecule has 0 heterocycles. The lowest BCUT2D eigenvalue weighted by atomic mass is 10.1. The van der Waals surface area contributed by atoms with Crippen molar-refractivity contribution in [1.29, 1.82) is 0 Å². The first kappa shape index (κ1) is 26.7. The van der Waals surface area contributed by atoms with E-state index >= 15 is 0 Å². The summed E-state index contributed by atoms with van der Waals surface area (Å²) >= 11 is 0. The Labute approximate surface area is 215 Å². The lowest BCUT2D eigenvalue weighted by Crippen LogP contribution is -2.32. The third-order valence-electron chi connectivity index (χ3n) is 4.84. The quantitative estimate of drug-likeness (QED) is 0.168. The number of carbonyl (C=O) groups is 3. The lowest BCUT2D eigenvalue weighted by molar-refractivity contribution is -0.136. The first-order chi connectivity index (χ1) is 17.8. The van der Waals surface area contributed by atoms with Crippen LogP contribution in [0, 0.1) is 13.8 Å². The van der Waals surface area contributed by atoms with Crippen molar-refractivity contribution in [1.82, 2.24) is 5.43 Å². The zero-order valence-corrected chi connectivity index (χ0v) is 20.6. The van der Waals surface area contributed by atoms with Crippen molar-refractivity contribution in [3.05, 3.63) is 96.1 Å². The van der Waals surface area contributed by atoms with Crippen molar-refractivity contribution in [2.24, 2.45) is 5.10 Å². The Morgan fingerprint density at radius 1 is 0.865 bits per heavy atom. The maximum atomic E-state index is 12.3. The van der Waals surface area contributed by atoms with E-state index in [0.717, 1.165) is 11.1 Å². The minimum absolute atomic E-state index is 0.218. The van der Waals surface area contributed by atoms with Crippen LogP contribution in [0.15, 0.2) is 84.5 Å². The van der Waals surface area contributed by atoms with Gasteiger partial charge in [-0.25, -0.2) is 5.43 Å². The second-order valence-electron chi connectivity index (χ2n) is 8.03. The van der Waals surface area contributed by atoms with Crippen LogP contribution in [0.4, 0.5) is 11.4 Å². The molecule has 3 N–H and O–H groups in total. The summed E-state index contributed by atoms with van der Waals surface area (Å²) in [5.74, 6) is -1.16. The summed E-state index contributed by atoms with van der Waals surface area (Å²) in [6.45, 7) is 7.63. The van der Waals surface area contributed by atoms with Crippen molar-refractivity contribution in [2.45, 2.75) is 13.8 Å². The first-order valence-electron chi connectivity index (χ1n) is 11.4. The zero-order chi connectivity index (χ0) is 26.6. The van der Waals surface area contributed by atoms with Gasteiger partial charge in [0.2, 0.25) is 0 Å². The number of rotatable bonds is 10. The Bertz CT molecular complexity index is 1280. The predicted octanol–water partition coefficient (Wildman–Crippen LogP) is 3.97. The molecule has 0 atom stereocenters. The highest BCUT2D eigenvalue weighted by atomic mass is 16.5. The Kier molecular flexibility index (Phi) is 9.55. The number of amides is 3. The van der Waals surface area contributed by atoms with Crippen molar-refractivity contribution >= 4 is 35.3 Å². The molecule has 0 aliphatic heterocycles. The van der Waals surface area contributed by atoms with E-state index in [0.29, 0.717) is 35.0 Å². The minimum atomic E-state index is -0.950. The van der Waals surface area contributed by atoms with Crippen LogP contribution in [0.5, 0.6) is 11.5 Å². The number of hydrazone groups is 1. The monoisotopic (exact) mass is 500 g/mol. The standard InChI is InChI=1S/C28H28N4O5/c1-4-13-36-24-11-9-22(10-12-24)31-27(34)28(35)32-29-17-21-7-5-6-8-25(21)37-18-26(33)30-23-15-19(2)14-20(3)16-23/h4-12,14-17H,1,13,18H2,2-3H3,(H,30,33)(H,31,34)(H,32,35)/b29-17-. The highest BCUT2D eigenvalue weighted by molar-refractivity contribution is 6.39. The molecule has 0 unspecified atom stereocenters. The molecular formula is C28H28N4O5. The molecule has 3 aromatic carbocycles. The number of ether oxygens (including phenoxy) is 2. The highest BCUT2D eigenvalue weighted by Gasteiger charge is 2.13. The van der Waals surface area contributed by atoms with E-state index in [2.05, 4.69) is 27.7 Å². The molecule has 3 rings (SSSR count). The number of aryl methyl sites for hydroxylation is 2. The van der Waals surface area contributed by atoms with E-state index in [1.165, 1.54) is 6.21 Å². The van der Waals surface area contributed by atoms with E-state index in [4.69, 9.17) is 9.47 Å². The van der Waals surface area contributed by atoms with Gasteiger partial charge in [0.15, 0.2) is 6.61 Å². The normalized spacial score (nSPS) is 10.4. The Morgan fingerprint density at radius 3 is 2.27 bits per heavy atom. The van der Waals surface area contributed by atoms with E-state index < -0.39 is 11.8 Å². The molecule has 37 heavy (non-hydrogen) atoms. The van der Waals surface area contributed by atoms with Crippen LogP contribution in [-0.2, 0) is 14.4 Å². The maximum absolute atomic E-state index is 12.3. The molecule has 9 nitrogen and oxygen atoms in total. The van der Waals surface area contributed by atoms with Gasteiger partial charge >= 0.3 is 11.8 Å². The number of nitrogens with zero attached hydrogens (tertiary/aromatic N) is 1. The van der Waals surface area contributed by atoms with Gasteiger partial charge in [-0.2, -0.15) is 5.10 Å². The maximum Gasteiger partial charge on any atom is 0.329 e. The number of hydrogen-bond donors (Lipinski definition) is 3. The van der Waals surface area contributed by atoms with Gasteiger partial charge in [-0.3, -0.25) is 14.4 Å². The van der Waals surface area contributed by atoms with Crippen molar-refractivity contribution in [3.63, 3.8) is 0 Å². The van der Waals surface area contributed by atoms with Crippen LogP contribution >= 0.6 is 0 Å². The highest BCUT2D eigenvalue weighted by Crippen LogP contribution is 2.17. The average molecular weight is 501 g/mol. The molecule has 0 saturated heterocycles. The molecular weight excluding hydrogens is 472 g/mol. The van der Waals surface area contributed by atoms with Gasteiger partial charge < -0.3 is 20.1 Å². The number of para-hydroxylation sites is 1. The molecule has 0 radical (unpaired) electrons. The smallest absolute Gasteiger partial charge is 0.329 e. The van der Waals surface area contributed by atoms with Crippen LogP contribution in [0.2, 0.25) is 0 Å². The predicted molar refractivity (Wildman–Crippen MR) is 143 cm³/mol. The van der Waals surface area contributed by atoms with Gasteiger partial charge in [0, 0.05) is 16.9 Å². The molecule has 190 valence electrons. The number of anilines is 2. The number of benzene rings is 3. The number of carbonyl (C=O) groups excluding carboxylic acids is 3. The minimum Gasteiger partial charge on any atom is -0.490 e. The van der Waals surface area contributed by atoms with Crippen molar-refractivity contribution in [2.75, 3.05) is 23.8 Å². The largest absolute Gasteiger partial charge is 0.490 e. The van der Waals surface area contributed by atoms with Crippen LogP contribution in [0.1, 0.15) is 16.7 Å². The zero-order valence-electron chi connectivity index (χ0n) is 20.6. The first-order valence-corrected chi connectivity index (χ1v) is 11.4. The second-order valence-corrected chi connectivity index (χ2v) is 8.03. The average Bonchev–Trinajstić information content (AvgIpc) is 2.87. The molecule has 3 aromatic rings. The van der Waals surface area contributed by atoms with Gasteiger partial charge in [-0.05, 0) is 73.5 Å². The molecule has 9 heteroatoms. The van der Waals surface area contributed by atoms with Crippen LogP contribution < -0.4 is 25.5 Å². The fourth-order valence-electron chi connectivity index (χ4n) is 3.29. The molecule has 0 fully saturated rings. The van der Waals surface area contributed by atoms with Crippen LogP contribution in [0.3, 0.4) is 0 Å². The second kappa shape index (κ2) is 13.2. The summed E-state index contributed by atoms with van der Waals surface area (Å²) in [5, 5.41) is 9.11. The van der Waals surface area contributed by atoms with E-state index in [1.54, 1.807) is 54.6 Å². The third-order valence-corrected chi connectivity index (χ3v) is 4.84. The van der Waals surface area contributed by atoms with E-state index in [1.807, 2.05) is 32.0 Å². The van der Waals surface area contributed by atoms with Gasteiger partial charge in [0.1, 0.15) is 18.1 Å². The Morgan fingerprint density at radius 2 is 1.57 bits per heavy atom. The lowest BCUT2D eigenvalue weighted by Gasteiger charge is -2.10. The number of hydrogen-bond acceptors (Lipinski definition) is 6. The molecule has 0 bridgehead atoms. The van der Waals surface area contributed by atoms with Crippen LogP contribution in [0.25, 0.3) is 0 Å². The van der Waals surface area contributed by atoms with Gasteiger partial charge in [-0.15, -0.1) is 0 Å². The fourth-order valence-corrected chi connectivity index (χ4v) is 3.29. The van der Waals surface area contributed by atoms with Crippen molar-refractivity contribution in [3.8, 4) is 11.5 Å². The molecule has 0 saturated carbocycles. The summed E-state index contributed by atoms with van der Waals surface area (Å²) < 4.78 is 11.0. The Balaban J connectivity index is 1.51. The number of nitrogens with one attached hydrogen (secondary N) is 3. The summed E-state index contributed by atoms with van der Waals surface area (Å²) in [6, 6.07) is 19.2. The van der Waals surface area contributed by atoms with E-state index in [9.17, 15) is 14.4 Å². The Hall–Kier alpha value is -4.92. The molecule has 0 aliphatic carbocycles. The molecule has 0 spiro atoms. The third kappa shape index (κ3) is 8.66. The molecule has 0 aromatic heterocycles. The molecule has 3 amide bonds. The van der Waals surface area contributed by atoms with Gasteiger partial charge in [-0.1, -0.05) is 30.9 Å². The van der Waals surface area contributed by atoms with Crippen LogP contribution in [-0.4, -0.2) is 37.1 Å².